The van der Waals surface area contributed by atoms with E-state index in [1.807, 2.05) is 6.07 Å². The van der Waals surface area contributed by atoms with Crippen molar-refractivity contribution in [2.45, 2.75) is 0 Å². The Morgan fingerprint density at radius 3 is 2.76 bits per heavy atom. The zero-order valence-electron chi connectivity index (χ0n) is 10.9. The van der Waals surface area contributed by atoms with Crippen LogP contribution in [0.5, 0.6) is 5.88 Å². The molecule has 0 saturated carbocycles. The predicted molar refractivity (Wildman–Crippen MR) is 81.3 cm³/mol. The van der Waals surface area contributed by atoms with Gasteiger partial charge in [-0.1, -0.05) is 12.1 Å². The second-order valence-electron chi connectivity index (χ2n) is 4.96. The molecule has 0 aliphatic carbocycles. The third-order valence-corrected chi connectivity index (χ3v) is 3.64. The first-order valence-electron chi connectivity index (χ1n) is 6.48. The number of rotatable bonds is 1. The summed E-state index contributed by atoms with van der Waals surface area (Å²) >= 11 is 0. The Bertz CT molecular complexity index is 938. The van der Waals surface area contributed by atoms with E-state index < -0.39 is 0 Å². The molecule has 1 aliphatic rings. The molecule has 21 heavy (non-hydrogen) atoms. The number of aromatic amines is 1. The number of hydrogen-bond donors (Lipinski definition) is 3. The van der Waals surface area contributed by atoms with Gasteiger partial charge in [0.05, 0.1) is 16.8 Å². The van der Waals surface area contributed by atoms with Gasteiger partial charge >= 0.3 is 0 Å². The summed E-state index contributed by atoms with van der Waals surface area (Å²) in [5, 5.41) is 10.9. The number of nitrogens with zero attached hydrogens (tertiary/aromatic N) is 1. The first-order chi connectivity index (χ1) is 10.1. The molecule has 1 aromatic heterocycles. The van der Waals surface area contributed by atoms with Gasteiger partial charge in [-0.25, -0.2) is 4.99 Å². The highest BCUT2D eigenvalue weighted by Crippen LogP contribution is 2.35. The van der Waals surface area contributed by atoms with Crippen LogP contribution in [0.3, 0.4) is 0 Å². The van der Waals surface area contributed by atoms with Crippen LogP contribution in [0.2, 0.25) is 0 Å². The molecule has 5 nitrogen and oxygen atoms in total. The minimum absolute atomic E-state index is 0.0736. The number of carbonyl (C=O) groups is 1. The zero-order valence-corrected chi connectivity index (χ0v) is 10.9. The average Bonchev–Trinajstić information content (AvgIpc) is 2.95. The van der Waals surface area contributed by atoms with E-state index in [0.29, 0.717) is 28.0 Å². The summed E-state index contributed by atoms with van der Waals surface area (Å²) in [5.41, 5.74) is 8.85. The van der Waals surface area contributed by atoms with Crippen molar-refractivity contribution < 1.29 is 9.90 Å². The van der Waals surface area contributed by atoms with Gasteiger partial charge in [-0.05, 0) is 30.3 Å². The van der Waals surface area contributed by atoms with Crippen molar-refractivity contribution >= 4 is 33.8 Å². The Balaban J connectivity index is 1.97. The van der Waals surface area contributed by atoms with Crippen LogP contribution in [0.1, 0.15) is 15.9 Å². The van der Waals surface area contributed by atoms with E-state index in [1.165, 1.54) is 0 Å². The first-order valence-corrected chi connectivity index (χ1v) is 6.48. The smallest absolute Gasteiger partial charge is 0.214 e. The molecule has 4 rings (SSSR count). The lowest BCUT2D eigenvalue weighted by molar-refractivity contribution is 0.107. The van der Waals surface area contributed by atoms with Gasteiger partial charge in [-0.3, -0.25) is 4.79 Å². The number of hydrogen-bond acceptors (Lipinski definition) is 4. The van der Waals surface area contributed by atoms with Crippen LogP contribution in [-0.2, 0) is 0 Å². The molecule has 4 N–H and O–H groups in total. The third kappa shape index (κ3) is 1.57. The van der Waals surface area contributed by atoms with Crippen molar-refractivity contribution in [3.8, 4) is 5.88 Å². The minimum atomic E-state index is -0.182. The minimum Gasteiger partial charge on any atom is -0.494 e. The third-order valence-electron chi connectivity index (χ3n) is 3.64. The van der Waals surface area contributed by atoms with Crippen molar-refractivity contribution in [2.24, 2.45) is 4.99 Å². The van der Waals surface area contributed by atoms with Gasteiger partial charge in [0.1, 0.15) is 5.71 Å². The van der Waals surface area contributed by atoms with Gasteiger partial charge < -0.3 is 15.8 Å². The molecule has 2 heterocycles. The Morgan fingerprint density at radius 1 is 1.14 bits per heavy atom. The van der Waals surface area contributed by atoms with Gasteiger partial charge in [-0.2, -0.15) is 0 Å². The van der Waals surface area contributed by atoms with Gasteiger partial charge in [0.15, 0.2) is 5.88 Å². The zero-order chi connectivity index (χ0) is 14.6. The Labute approximate surface area is 119 Å². The van der Waals surface area contributed by atoms with Crippen molar-refractivity contribution in [1.29, 1.82) is 0 Å². The summed E-state index contributed by atoms with van der Waals surface area (Å²) in [6, 6.07) is 12.4. The maximum Gasteiger partial charge on any atom is 0.214 e. The number of aromatic hydroxyl groups is 1. The second kappa shape index (κ2) is 3.96. The molecular weight excluding hydrogens is 266 g/mol. The molecule has 0 fully saturated rings. The number of carbonyl (C=O) groups excluding carboxylic acids is 1. The first kappa shape index (κ1) is 11.7. The number of para-hydroxylation sites is 1. The van der Waals surface area contributed by atoms with Crippen molar-refractivity contribution in [3.05, 3.63) is 53.6 Å². The number of Topliss-reactive ketones (excluding diaryl/α,β-unsaturated/α-hetero) is 1. The molecule has 0 atom stereocenters. The van der Waals surface area contributed by atoms with E-state index in [9.17, 15) is 9.90 Å². The Morgan fingerprint density at radius 2 is 1.95 bits per heavy atom. The molecule has 0 bridgehead atoms. The molecule has 0 radical (unpaired) electrons. The fraction of sp³-hybridized carbons (Fsp3) is 0. The number of H-pyrrole nitrogens is 1. The van der Waals surface area contributed by atoms with E-state index in [4.69, 9.17) is 5.73 Å². The highest BCUT2D eigenvalue weighted by atomic mass is 16.3. The molecule has 0 saturated heterocycles. The molecule has 0 spiro atoms. The molecule has 1 aliphatic heterocycles. The van der Waals surface area contributed by atoms with Crippen LogP contribution in [-0.4, -0.2) is 21.6 Å². The van der Waals surface area contributed by atoms with Crippen LogP contribution in [0.15, 0.2) is 47.5 Å². The highest BCUT2D eigenvalue weighted by molar-refractivity contribution is 6.56. The monoisotopic (exact) mass is 277 g/mol. The number of ketones is 1. The van der Waals surface area contributed by atoms with Gasteiger partial charge in [-0.15, -0.1) is 0 Å². The van der Waals surface area contributed by atoms with Crippen LogP contribution in [0, 0.1) is 0 Å². The molecule has 0 unspecified atom stereocenters. The number of nitrogens with two attached hydrogens (primary N) is 1. The van der Waals surface area contributed by atoms with E-state index >= 15 is 0 Å². The standard InChI is InChI=1S/C16H11N3O2/c17-8-5-6-9-12(7-8)19-16(21)13(9)14-15(20)10-3-1-2-4-11(10)18-14/h1-7,19,21H,17H2. The number of aliphatic imine (C=N–C) groups is 1. The maximum absolute atomic E-state index is 12.5. The summed E-state index contributed by atoms with van der Waals surface area (Å²) < 4.78 is 0. The molecular formula is C16H11N3O2. The van der Waals surface area contributed by atoms with Gasteiger partial charge in [0.25, 0.3) is 0 Å². The van der Waals surface area contributed by atoms with Crippen molar-refractivity contribution in [3.63, 3.8) is 0 Å². The largest absolute Gasteiger partial charge is 0.494 e. The van der Waals surface area contributed by atoms with E-state index in [-0.39, 0.29) is 17.4 Å². The number of nitrogens with one attached hydrogen (secondary N) is 1. The second-order valence-corrected chi connectivity index (χ2v) is 4.96. The summed E-state index contributed by atoms with van der Waals surface area (Å²) in [6.07, 6.45) is 0. The summed E-state index contributed by atoms with van der Waals surface area (Å²) in [7, 11) is 0. The topological polar surface area (TPSA) is 91.5 Å². The SMILES string of the molecule is Nc1ccc2c(C3=Nc4ccccc4C3=O)c(O)[nH]c2c1. The summed E-state index contributed by atoms with van der Waals surface area (Å²) in [4.78, 5) is 19.7. The number of fused-ring (bicyclic) bond motifs is 2. The predicted octanol–water partition coefficient (Wildman–Crippen LogP) is 2.77. The van der Waals surface area contributed by atoms with Gasteiger partial charge in [0, 0.05) is 16.6 Å². The normalized spacial score (nSPS) is 13.5. The van der Waals surface area contributed by atoms with Gasteiger partial charge in [0.2, 0.25) is 5.78 Å². The lowest BCUT2D eigenvalue weighted by Crippen LogP contribution is -2.10. The van der Waals surface area contributed by atoms with Crippen LogP contribution >= 0.6 is 0 Å². The number of anilines is 1. The molecule has 3 aromatic rings. The lowest BCUT2D eigenvalue weighted by atomic mass is 10.0. The number of benzene rings is 2. The number of nitrogen functional groups attached to an aromatic ring is 1. The number of aromatic nitrogens is 1. The average molecular weight is 277 g/mol. The molecule has 102 valence electrons. The molecule has 5 heteroatoms. The van der Waals surface area contributed by atoms with Crippen molar-refractivity contribution in [2.75, 3.05) is 5.73 Å². The molecule has 2 aromatic carbocycles. The maximum atomic E-state index is 12.5. The summed E-state index contributed by atoms with van der Waals surface area (Å²) in [6.45, 7) is 0. The lowest BCUT2D eigenvalue weighted by Gasteiger charge is -1.99. The fourth-order valence-electron chi connectivity index (χ4n) is 2.67. The Kier molecular flexibility index (Phi) is 2.21. The Hall–Kier alpha value is -3.08. The van der Waals surface area contributed by atoms with E-state index in [2.05, 4.69) is 9.98 Å². The highest BCUT2D eigenvalue weighted by Gasteiger charge is 2.29. The van der Waals surface area contributed by atoms with E-state index in [1.54, 1.807) is 36.4 Å². The molecule has 0 amide bonds. The van der Waals surface area contributed by atoms with Crippen LogP contribution < -0.4 is 5.73 Å². The quantitative estimate of drug-likeness (QED) is 0.597. The van der Waals surface area contributed by atoms with E-state index in [0.717, 1.165) is 5.39 Å². The fourth-order valence-corrected chi connectivity index (χ4v) is 2.67. The summed E-state index contributed by atoms with van der Waals surface area (Å²) in [5.74, 6) is -0.255. The van der Waals surface area contributed by atoms with Crippen molar-refractivity contribution in [1.82, 2.24) is 4.98 Å². The van der Waals surface area contributed by atoms with Crippen LogP contribution in [0.4, 0.5) is 11.4 Å². The van der Waals surface area contributed by atoms with Crippen LogP contribution in [0.25, 0.3) is 10.9 Å².